The molecule has 2 rings (SSSR count). The van der Waals surface area contributed by atoms with Gasteiger partial charge in [-0.25, -0.2) is 0 Å². The Labute approximate surface area is 69.6 Å². The van der Waals surface area contributed by atoms with E-state index in [9.17, 15) is 0 Å². The van der Waals surface area contributed by atoms with Gasteiger partial charge in [-0.3, -0.25) is 0 Å². The molecule has 64 valence electrons. The smallest absolute Gasteiger partial charge is 0.00233 e. The molecular formula is C10H19N. The van der Waals surface area contributed by atoms with E-state index in [1.165, 1.54) is 32.2 Å². The minimum Gasteiger partial charge on any atom is -0.319 e. The first kappa shape index (κ1) is 7.60. The van der Waals surface area contributed by atoms with E-state index in [1.807, 2.05) is 0 Å². The Bertz CT molecular complexity index is 121. The van der Waals surface area contributed by atoms with Crippen molar-refractivity contribution in [3.05, 3.63) is 0 Å². The van der Waals surface area contributed by atoms with Crippen molar-refractivity contribution in [3.63, 3.8) is 0 Å². The molecule has 2 saturated carbocycles. The van der Waals surface area contributed by atoms with Crippen LogP contribution in [0.15, 0.2) is 0 Å². The van der Waals surface area contributed by atoms with Crippen molar-refractivity contribution in [2.75, 3.05) is 13.6 Å². The summed E-state index contributed by atoms with van der Waals surface area (Å²) in [7, 11) is 2.08. The number of fused-ring (bicyclic) bond motifs is 2. The van der Waals surface area contributed by atoms with Crippen LogP contribution in [0.4, 0.5) is 0 Å². The monoisotopic (exact) mass is 153 g/mol. The summed E-state index contributed by atoms with van der Waals surface area (Å²) >= 11 is 0. The fourth-order valence-corrected chi connectivity index (χ4v) is 3.10. The van der Waals surface area contributed by atoms with Gasteiger partial charge in [0.05, 0.1) is 0 Å². The fourth-order valence-electron chi connectivity index (χ4n) is 3.10. The second-order valence-electron chi connectivity index (χ2n) is 4.44. The molecule has 2 bridgehead atoms. The second kappa shape index (κ2) is 3.14. The highest BCUT2D eigenvalue weighted by molar-refractivity contribution is 4.85. The molecule has 0 aliphatic heterocycles. The summed E-state index contributed by atoms with van der Waals surface area (Å²) in [6.07, 6.45) is 7.64. The van der Waals surface area contributed by atoms with E-state index in [4.69, 9.17) is 0 Å². The fraction of sp³-hybridized carbons (Fsp3) is 1.00. The van der Waals surface area contributed by atoms with Gasteiger partial charge in [0.15, 0.2) is 0 Å². The minimum absolute atomic E-state index is 1.01. The Morgan fingerprint density at radius 3 is 2.27 bits per heavy atom. The molecule has 2 aliphatic carbocycles. The van der Waals surface area contributed by atoms with Crippen molar-refractivity contribution >= 4 is 0 Å². The van der Waals surface area contributed by atoms with Crippen molar-refractivity contribution in [1.29, 1.82) is 0 Å². The zero-order valence-corrected chi connectivity index (χ0v) is 7.47. The molecule has 2 atom stereocenters. The average molecular weight is 153 g/mol. The molecule has 0 spiro atoms. The van der Waals surface area contributed by atoms with Gasteiger partial charge >= 0.3 is 0 Å². The lowest BCUT2D eigenvalue weighted by Gasteiger charge is -2.27. The van der Waals surface area contributed by atoms with Crippen molar-refractivity contribution in [3.8, 4) is 0 Å². The molecule has 0 aromatic rings. The molecule has 1 N–H and O–H groups in total. The third-order valence-corrected chi connectivity index (χ3v) is 3.48. The Balaban J connectivity index is 1.87. The van der Waals surface area contributed by atoms with Crippen molar-refractivity contribution < 1.29 is 0 Å². The van der Waals surface area contributed by atoms with Gasteiger partial charge < -0.3 is 5.32 Å². The van der Waals surface area contributed by atoms with Crippen LogP contribution in [0.2, 0.25) is 0 Å². The second-order valence-corrected chi connectivity index (χ2v) is 4.44. The van der Waals surface area contributed by atoms with Gasteiger partial charge in [-0.15, -0.1) is 0 Å². The molecule has 0 aromatic heterocycles. The Kier molecular flexibility index (Phi) is 2.17. The highest BCUT2D eigenvalue weighted by atomic mass is 14.8. The summed E-state index contributed by atoms with van der Waals surface area (Å²) in [5.41, 5.74) is 0. The molecule has 2 aliphatic rings. The summed E-state index contributed by atoms with van der Waals surface area (Å²) in [6.45, 7) is 1.26. The van der Waals surface area contributed by atoms with Gasteiger partial charge in [-0.1, -0.05) is 12.8 Å². The molecule has 0 amide bonds. The normalized spacial score (nSPS) is 42.8. The van der Waals surface area contributed by atoms with Crippen LogP contribution in [0.25, 0.3) is 0 Å². The first-order valence-corrected chi connectivity index (χ1v) is 5.03. The molecule has 0 radical (unpaired) electrons. The standard InChI is InChI=1S/C10H19N/c1-11-7-10-5-8-2-3-9(4-8)6-10/h8-11H,2-7H2,1H3/t8-,9-/m0/s1. The summed E-state index contributed by atoms with van der Waals surface area (Å²) in [5.74, 6) is 3.21. The quantitative estimate of drug-likeness (QED) is 0.640. The Morgan fingerprint density at radius 1 is 1.09 bits per heavy atom. The SMILES string of the molecule is CNCC1C[C@H]2CC[C@H](C1)C2. The predicted octanol–water partition coefficient (Wildman–Crippen LogP) is 2.03. The van der Waals surface area contributed by atoms with E-state index < -0.39 is 0 Å². The van der Waals surface area contributed by atoms with Gasteiger partial charge in [0.2, 0.25) is 0 Å². The largest absolute Gasteiger partial charge is 0.319 e. The van der Waals surface area contributed by atoms with E-state index in [0.29, 0.717) is 0 Å². The first-order valence-electron chi connectivity index (χ1n) is 5.03. The number of hydrogen-bond donors (Lipinski definition) is 1. The lowest BCUT2D eigenvalue weighted by Crippen LogP contribution is -2.25. The maximum Gasteiger partial charge on any atom is -0.00233 e. The predicted molar refractivity (Wildman–Crippen MR) is 47.5 cm³/mol. The Hall–Kier alpha value is -0.0400. The lowest BCUT2D eigenvalue weighted by atomic mass is 9.81. The van der Waals surface area contributed by atoms with Gasteiger partial charge in [-0.05, 0) is 50.6 Å². The number of rotatable bonds is 2. The van der Waals surface area contributed by atoms with Gasteiger partial charge in [0.25, 0.3) is 0 Å². The topological polar surface area (TPSA) is 12.0 Å². The zero-order chi connectivity index (χ0) is 7.68. The summed E-state index contributed by atoms with van der Waals surface area (Å²) in [5, 5.41) is 3.31. The van der Waals surface area contributed by atoms with Gasteiger partial charge in [0.1, 0.15) is 0 Å². The maximum absolute atomic E-state index is 3.31. The summed E-state index contributed by atoms with van der Waals surface area (Å²) in [6, 6.07) is 0. The van der Waals surface area contributed by atoms with Crippen LogP contribution < -0.4 is 5.32 Å². The first-order chi connectivity index (χ1) is 5.38. The third-order valence-electron chi connectivity index (χ3n) is 3.48. The van der Waals surface area contributed by atoms with Gasteiger partial charge in [0, 0.05) is 0 Å². The van der Waals surface area contributed by atoms with E-state index in [0.717, 1.165) is 17.8 Å². The molecule has 0 aromatic carbocycles. The molecule has 1 heteroatoms. The molecule has 0 unspecified atom stereocenters. The molecule has 0 saturated heterocycles. The number of hydrogen-bond acceptors (Lipinski definition) is 1. The van der Waals surface area contributed by atoms with Crippen LogP contribution in [-0.4, -0.2) is 13.6 Å². The highest BCUT2D eigenvalue weighted by Gasteiger charge is 2.33. The lowest BCUT2D eigenvalue weighted by molar-refractivity contribution is 0.257. The summed E-state index contributed by atoms with van der Waals surface area (Å²) in [4.78, 5) is 0. The zero-order valence-electron chi connectivity index (χ0n) is 7.47. The van der Waals surface area contributed by atoms with Crippen LogP contribution in [0.5, 0.6) is 0 Å². The Morgan fingerprint density at radius 2 is 1.73 bits per heavy atom. The van der Waals surface area contributed by atoms with Gasteiger partial charge in [-0.2, -0.15) is 0 Å². The average Bonchev–Trinajstić information content (AvgIpc) is 2.32. The van der Waals surface area contributed by atoms with Crippen LogP contribution in [0.1, 0.15) is 32.1 Å². The minimum atomic E-state index is 1.01. The third kappa shape index (κ3) is 1.58. The van der Waals surface area contributed by atoms with Crippen molar-refractivity contribution in [2.45, 2.75) is 32.1 Å². The molecule has 11 heavy (non-hydrogen) atoms. The van der Waals surface area contributed by atoms with Crippen LogP contribution >= 0.6 is 0 Å². The van der Waals surface area contributed by atoms with Crippen molar-refractivity contribution in [2.24, 2.45) is 17.8 Å². The maximum atomic E-state index is 3.31. The highest BCUT2D eigenvalue weighted by Crippen LogP contribution is 2.44. The number of nitrogens with one attached hydrogen (secondary N) is 1. The molecule has 1 nitrogen and oxygen atoms in total. The van der Waals surface area contributed by atoms with E-state index in [-0.39, 0.29) is 0 Å². The van der Waals surface area contributed by atoms with Crippen molar-refractivity contribution in [1.82, 2.24) is 5.32 Å². The van der Waals surface area contributed by atoms with Crippen LogP contribution in [-0.2, 0) is 0 Å². The van der Waals surface area contributed by atoms with Crippen LogP contribution in [0.3, 0.4) is 0 Å². The van der Waals surface area contributed by atoms with Crippen LogP contribution in [0, 0.1) is 17.8 Å². The van der Waals surface area contributed by atoms with E-state index in [2.05, 4.69) is 12.4 Å². The van der Waals surface area contributed by atoms with E-state index in [1.54, 1.807) is 6.42 Å². The summed E-state index contributed by atoms with van der Waals surface area (Å²) < 4.78 is 0. The molecule has 0 heterocycles. The molecular weight excluding hydrogens is 134 g/mol. The van der Waals surface area contributed by atoms with E-state index >= 15 is 0 Å². The molecule has 2 fully saturated rings.